The smallest absolute Gasteiger partial charge is 0.261 e. The number of hydrogen-bond donors (Lipinski definition) is 2. The normalized spacial score (nSPS) is 10.8. The van der Waals surface area contributed by atoms with Crippen LogP contribution in [0.4, 0.5) is 4.39 Å². The number of benzene rings is 2. The van der Waals surface area contributed by atoms with E-state index in [1.54, 1.807) is 6.07 Å². The van der Waals surface area contributed by atoms with Gasteiger partial charge in [-0.25, -0.2) is 4.39 Å². The van der Waals surface area contributed by atoms with Gasteiger partial charge >= 0.3 is 0 Å². The second kappa shape index (κ2) is 5.06. The van der Waals surface area contributed by atoms with Gasteiger partial charge in [-0.2, -0.15) is 4.98 Å². The van der Waals surface area contributed by atoms with Gasteiger partial charge in [0.2, 0.25) is 5.82 Å². The van der Waals surface area contributed by atoms with Crippen LogP contribution in [0.25, 0.3) is 22.8 Å². The molecule has 0 radical (unpaired) electrons. The topological polar surface area (TPSA) is 79.4 Å². The van der Waals surface area contributed by atoms with Crippen molar-refractivity contribution in [3.8, 4) is 34.3 Å². The molecule has 3 rings (SSSR count). The summed E-state index contributed by atoms with van der Waals surface area (Å²) in [6.07, 6.45) is 0. The molecule has 0 aliphatic rings. The van der Waals surface area contributed by atoms with Crippen LogP contribution in [0.3, 0.4) is 0 Å². The number of hydrogen-bond acceptors (Lipinski definition) is 5. The van der Waals surface area contributed by atoms with Crippen molar-refractivity contribution in [3.05, 3.63) is 47.2 Å². The Labute approximate surface area is 123 Å². The van der Waals surface area contributed by atoms with E-state index in [0.29, 0.717) is 16.1 Å². The molecule has 0 fully saturated rings. The molecule has 5 nitrogen and oxygen atoms in total. The lowest BCUT2D eigenvalue weighted by Crippen LogP contribution is -1.84. The van der Waals surface area contributed by atoms with Gasteiger partial charge < -0.3 is 14.7 Å². The first-order valence-corrected chi connectivity index (χ1v) is 6.24. The van der Waals surface area contributed by atoms with Crippen LogP contribution in [-0.4, -0.2) is 20.4 Å². The Bertz CT molecular complexity index is 820. The minimum absolute atomic E-state index is 0.0765. The third kappa shape index (κ3) is 2.53. The van der Waals surface area contributed by atoms with E-state index < -0.39 is 11.6 Å². The molecule has 2 N–H and O–H groups in total. The number of phenols is 2. The zero-order chi connectivity index (χ0) is 15.0. The molecule has 0 bridgehead atoms. The van der Waals surface area contributed by atoms with Crippen LogP contribution in [0.5, 0.6) is 11.5 Å². The molecule has 2 aromatic carbocycles. The van der Waals surface area contributed by atoms with Crippen LogP contribution in [0, 0.1) is 5.82 Å². The van der Waals surface area contributed by atoms with Crippen LogP contribution in [-0.2, 0) is 0 Å². The maximum atomic E-state index is 13.3. The average Bonchev–Trinajstić information content (AvgIpc) is 2.91. The first kappa shape index (κ1) is 13.4. The summed E-state index contributed by atoms with van der Waals surface area (Å²) < 4.78 is 18.4. The highest BCUT2D eigenvalue weighted by Crippen LogP contribution is 2.32. The highest BCUT2D eigenvalue weighted by atomic mass is 35.5. The van der Waals surface area contributed by atoms with Gasteiger partial charge in [0.05, 0.1) is 5.56 Å². The minimum Gasteiger partial charge on any atom is -0.507 e. The van der Waals surface area contributed by atoms with Crippen LogP contribution >= 0.6 is 11.6 Å². The van der Waals surface area contributed by atoms with E-state index >= 15 is 0 Å². The Hall–Kier alpha value is -2.60. The number of rotatable bonds is 2. The molecule has 0 saturated carbocycles. The van der Waals surface area contributed by atoms with Crippen LogP contribution in [0.15, 0.2) is 40.9 Å². The zero-order valence-corrected chi connectivity index (χ0v) is 11.2. The van der Waals surface area contributed by atoms with Crippen molar-refractivity contribution in [2.75, 3.05) is 0 Å². The van der Waals surface area contributed by atoms with E-state index in [9.17, 15) is 9.50 Å². The van der Waals surface area contributed by atoms with E-state index in [-0.39, 0.29) is 17.5 Å². The van der Waals surface area contributed by atoms with Gasteiger partial charge in [0.1, 0.15) is 5.75 Å². The molecule has 0 unspecified atom stereocenters. The highest BCUT2D eigenvalue weighted by molar-refractivity contribution is 6.30. The lowest BCUT2D eigenvalue weighted by atomic mass is 10.2. The summed E-state index contributed by atoms with van der Waals surface area (Å²) in [5, 5.41) is 23.0. The molecule has 0 saturated heterocycles. The van der Waals surface area contributed by atoms with Crippen LogP contribution in [0.1, 0.15) is 0 Å². The van der Waals surface area contributed by atoms with Crippen molar-refractivity contribution in [1.29, 1.82) is 0 Å². The Morgan fingerprint density at radius 2 is 1.86 bits per heavy atom. The zero-order valence-electron chi connectivity index (χ0n) is 10.4. The number of nitrogens with zero attached hydrogens (tertiary/aromatic N) is 2. The third-order valence-corrected chi connectivity index (χ3v) is 3.06. The van der Waals surface area contributed by atoms with Crippen molar-refractivity contribution in [2.24, 2.45) is 0 Å². The van der Waals surface area contributed by atoms with Gasteiger partial charge in [-0.3, -0.25) is 0 Å². The van der Waals surface area contributed by atoms with E-state index in [4.69, 9.17) is 21.2 Å². The van der Waals surface area contributed by atoms with E-state index in [1.807, 2.05) is 0 Å². The van der Waals surface area contributed by atoms with Gasteiger partial charge in [-0.1, -0.05) is 16.8 Å². The van der Waals surface area contributed by atoms with Gasteiger partial charge in [-0.05, 0) is 36.4 Å². The van der Waals surface area contributed by atoms with E-state index in [2.05, 4.69) is 10.1 Å². The van der Waals surface area contributed by atoms with Crippen molar-refractivity contribution in [1.82, 2.24) is 10.1 Å². The summed E-state index contributed by atoms with van der Waals surface area (Å²) in [7, 11) is 0. The van der Waals surface area contributed by atoms with Gasteiger partial charge in [0.15, 0.2) is 11.6 Å². The van der Waals surface area contributed by atoms with Crippen LogP contribution in [0.2, 0.25) is 5.02 Å². The molecule has 0 spiro atoms. The lowest BCUT2D eigenvalue weighted by Gasteiger charge is -1.99. The molecule has 21 heavy (non-hydrogen) atoms. The van der Waals surface area contributed by atoms with E-state index in [1.165, 1.54) is 24.3 Å². The quantitative estimate of drug-likeness (QED) is 0.756. The largest absolute Gasteiger partial charge is 0.507 e. The predicted molar refractivity (Wildman–Crippen MR) is 73.5 cm³/mol. The second-order valence-corrected chi connectivity index (χ2v) is 4.69. The van der Waals surface area contributed by atoms with E-state index in [0.717, 1.165) is 6.07 Å². The maximum Gasteiger partial charge on any atom is 0.261 e. The maximum absolute atomic E-state index is 13.3. The molecular formula is C14H8ClFN2O3. The molecular weight excluding hydrogens is 299 g/mol. The lowest BCUT2D eigenvalue weighted by molar-refractivity contribution is 0.425. The molecule has 106 valence electrons. The summed E-state index contributed by atoms with van der Waals surface area (Å²) in [6.45, 7) is 0. The van der Waals surface area contributed by atoms with Crippen molar-refractivity contribution < 1.29 is 19.1 Å². The second-order valence-electron chi connectivity index (χ2n) is 4.25. The predicted octanol–water partition coefficient (Wildman–Crippen LogP) is 3.61. The molecule has 0 aliphatic heterocycles. The number of aromatic nitrogens is 2. The van der Waals surface area contributed by atoms with Gasteiger partial charge in [-0.15, -0.1) is 0 Å². The van der Waals surface area contributed by atoms with Gasteiger partial charge in [0.25, 0.3) is 5.89 Å². The summed E-state index contributed by atoms with van der Waals surface area (Å²) in [5.41, 5.74) is 0.658. The first-order valence-electron chi connectivity index (χ1n) is 5.86. The first-order chi connectivity index (χ1) is 10.0. The number of aromatic hydroxyl groups is 2. The number of halogens is 2. The fraction of sp³-hybridized carbons (Fsp3) is 0. The van der Waals surface area contributed by atoms with Crippen molar-refractivity contribution in [3.63, 3.8) is 0 Å². The Kier molecular flexibility index (Phi) is 3.23. The standard InChI is InChI=1S/C14H8ClFN2O3/c15-8-2-3-9(12(20)6-8)14-17-13(18-21-14)7-1-4-11(19)10(16)5-7/h1-6,19-20H. The molecule has 7 heteroatoms. The summed E-state index contributed by atoms with van der Waals surface area (Å²) in [5.74, 6) is -1.13. The molecule has 1 heterocycles. The Morgan fingerprint density at radius 1 is 1.05 bits per heavy atom. The highest BCUT2D eigenvalue weighted by Gasteiger charge is 2.15. The van der Waals surface area contributed by atoms with Gasteiger partial charge in [0, 0.05) is 10.6 Å². The Balaban J connectivity index is 2.01. The summed E-state index contributed by atoms with van der Waals surface area (Å²) in [4.78, 5) is 4.08. The number of phenolic OH excluding ortho intramolecular Hbond substituents is 2. The molecule has 0 aliphatic carbocycles. The minimum atomic E-state index is -0.784. The van der Waals surface area contributed by atoms with Crippen molar-refractivity contribution in [2.45, 2.75) is 0 Å². The summed E-state index contributed by atoms with van der Waals surface area (Å²) >= 11 is 5.75. The monoisotopic (exact) mass is 306 g/mol. The SMILES string of the molecule is Oc1ccc(-c2noc(-c3ccc(Cl)cc3O)n2)cc1F. The molecule has 0 atom stereocenters. The average molecular weight is 307 g/mol. The molecule has 0 amide bonds. The third-order valence-electron chi connectivity index (χ3n) is 2.82. The summed E-state index contributed by atoms with van der Waals surface area (Å²) in [6, 6.07) is 8.19. The fourth-order valence-corrected chi connectivity index (χ4v) is 1.95. The van der Waals surface area contributed by atoms with Crippen molar-refractivity contribution >= 4 is 11.6 Å². The Morgan fingerprint density at radius 3 is 2.57 bits per heavy atom. The fourth-order valence-electron chi connectivity index (χ4n) is 1.78. The molecule has 3 aromatic rings. The molecule has 1 aromatic heterocycles. The van der Waals surface area contributed by atoms with Crippen LogP contribution < -0.4 is 0 Å².